The maximum absolute atomic E-state index is 4.55. The van der Waals surface area contributed by atoms with Crippen LogP contribution in [0.2, 0.25) is 0 Å². The first-order valence-electron chi connectivity index (χ1n) is 5.91. The fourth-order valence-corrected chi connectivity index (χ4v) is 2.66. The van der Waals surface area contributed by atoms with E-state index in [2.05, 4.69) is 52.9 Å². The Kier molecular flexibility index (Phi) is 3.20. The molecule has 0 saturated heterocycles. The first-order valence-corrected chi connectivity index (χ1v) is 7.49. The Bertz CT molecular complexity index is 588. The largest absolute Gasteiger partial charge is 0.325 e. The van der Waals surface area contributed by atoms with Crippen LogP contribution in [0.4, 0.5) is 11.6 Å². The Morgan fingerprint density at radius 1 is 1.33 bits per heavy atom. The molecule has 0 amide bonds. The number of anilines is 2. The van der Waals surface area contributed by atoms with Gasteiger partial charge in [0.15, 0.2) is 0 Å². The molecule has 0 bridgehead atoms. The monoisotopic (exact) mass is 369 g/mol. The van der Waals surface area contributed by atoms with Crippen LogP contribution >= 0.6 is 31.9 Å². The van der Waals surface area contributed by atoms with E-state index in [1.165, 1.54) is 12.8 Å². The number of rotatable bonds is 3. The van der Waals surface area contributed by atoms with E-state index in [1.807, 2.05) is 25.1 Å². The summed E-state index contributed by atoms with van der Waals surface area (Å²) in [4.78, 5) is 4.55. The predicted octanol–water partition coefficient (Wildman–Crippen LogP) is 4.80. The minimum Gasteiger partial charge on any atom is -0.325 e. The van der Waals surface area contributed by atoms with Crippen molar-refractivity contribution in [3.8, 4) is 0 Å². The minimum absolute atomic E-state index is 0.625. The van der Waals surface area contributed by atoms with Gasteiger partial charge in [-0.1, -0.05) is 15.9 Å². The minimum atomic E-state index is 0.625. The number of imidazole rings is 1. The van der Waals surface area contributed by atoms with Gasteiger partial charge in [-0.2, -0.15) is 0 Å². The van der Waals surface area contributed by atoms with Crippen LogP contribution in [0.15, 0.2) is 33.3 Å². The van der Waals surface area contributed by atoms with Gasteiger partial charge in [0.05, 0.1) is 11.4 Å². The molecule has 0 atom stereocenters. The molecular formula is C13H13Br2N3. The molecule has 1 aromatic carbocycles. The molecule has 1 heterocycles. The molecule has 1 N–H and O–H groups in total. The number of nitrogens with one attached hydrogen (secondary N) is 1. The third kappa shape index (κ3) is 2.47. The van der Waals surface area contributed by atoms with Crippen molar-refractivity contribution in [1.82, 2.24) is 9.55 Å². The molecule has 0 unspecified atom stereocenters. The molecule has 1 saturated carbocycles. The van der Waals surface area contributed by atoms with Gasteiger partial charge in [0, 0.05) is 21.2 Å². The molecule has 1 aromatic heterocycles. The number of aryl methyl sites for hydroxylation is 1. The van der Waals surface area contributed by atoms with E-state index in [4.69, 9.17) is 0 Å². The molecular weight excluding hydrogens is 358 g/mol. The molecule has 3 rings (SSSR count). The lowest BCUT2D eigenvalue weighted by atomic mass is 10.3. The SMILES string of the molecule is Cc1cn(C2CC2)c(Nc2cc(Br)ccc2Br)n1. The average molecular weight is 371 g/mol. The first kappa shape index (κ1) is 12.2. The summed E-state index contributed by atoms with van der Waals surface area (Å²) in [5, 5.41) is 3.40. The number of hydrogen-bond acceptors (Lipinski definition) is 2. The third-order valence-corrected chi connectivity index (χ3v) is 4.15. The van der Waals surface area contributed by atoms with Crippen LogP contribution in [0, 0.1) is 6.92 Å². The fourth-order valence-electron chi connectivity index (χ4n) is 1.95. The van der Waals surface area contributed by atoms with Gasteiger partial charge in [-0.15, -0.1) is 0 Å². The highest BCUT2D eigenvalue weighted by Gasteiger charge is 2.26. The lowest BCUT2D eigenvalue weighted by Gasteiger charge is -2.10. The first-order chi connectivity index (χ1) is 8.63. The third-order valence-electron chi connectivity index (χ3n) is 2.97. The van der Waals surface area contributed by atoms with Crippen LogP contribution in [0.3, 0.4) is 0 Å². The number of hydrogen-bond donors (Lipinski definition) is 1. The van der Waals surface area contributed by atoms with E-state index in [1.54, 1.807) is 0 Å². The molecule has 1 aliphatic rings. The van der Waals surface area contributed by atoms with Gasteiger partial charge in [0.1, 0.15) is 0 Å². The smallest absolute Gasteiger partial charge is 0.207 e. The van der Waals surface area contributed by atoms with Crippen LogP contribution in [0.5, 0.6) is 0 Å². The average Bonchev–Trinajstić information content (AvgIpc) is 3.09. The van der Waals surface area contributed by atoms with Crippen LogP contribution in [0.25, 0.3) is 0 Å². The molecule has 2 aromatic rings. The number of halogens is 2. The molecule has 0 spiro atoms. The van der Waals surface area contributed by atoms with E-state index in [-0.39, 0.29) is 0 Å². The molecule has 18 heavy (non-hydrogen) atoms. The summed E-state index contributed by atoms with van der Waals surface area (Å²) >= 11 is 7.04. The van der Waals surface area contributed by atoms with Gasteiger partial charge in [-0.25, -0.2) is 4.98 Å². The molecule has 3 nitrogen and oxygen atoms in total. The Hall–Kier alpha value is -0.810. The van der Waals surface area contributed by atoms with Gasteiger partial charge in [0.25, 0.3) is 0 Å². The molecule has 1 fully saturated rings. The summed E-state index contributed by atoms with van der Waals surface area (Å²) in [6.45, 7) is 2.03. The highest BCUT2D eigenvalue weighted by atomic mass is 79.9. The fraction of sp³-hybridized carbons (Fsp3) is 0.308. The van der Waals surface area contributed by atoms with Crippen molar-refractivity contribution < 1.29 is 0 Å². The van der Waals surface area contributed by atoms with Crippen LogP contribution < -0.4 is 5.32 Å². The Morgan fingerprint density at radius 2 is 2.11 bits per heavy atom. The second-order valence-corrected chi connectivity index (χ2v) is 6.36. The maximum Gasteiger partial charge on any atom is 0.207 e. The van der Waals surface area contributed by atoms with Crippen LogP contribution in [0.1, 0.15) is 24.6 Å². The molecule has 1 aliphatic carbocycles. The van der Waals surface area contributed by atoms with E-state index < -0.39 is 0 Å². The van der Waals surface area contributed by atoms with Crippen molar-refractivity contribution in [2.45, 2.75) is 25.8 Å². The Balaban J connectivity index is 1.94. The van der Waals surface area contributed by atoms with E-state index in [9.17, 15) is 0 Å². The van der Waals surface area contributed by atoms with Crippen LogP contribution in [-0.2, 0) is 0 Å². The molecule has 5 heteroatoms. The number of benzene rings is 1. The second-order valence-electron chi connectivity index (χ2n) is 4.59. The Morgan fingerprint density at radius 3 is 2.83 bits per heavy atom. The van der Waals surface area contributed by atoms with Gasteiger partial charge < -0.3 is 9.88 Å². The molecule has 94 valence electrons. The van der Waals surface area contributed by atoms with E-state index in [0.717, 1.165) is 26.3 Å². The van der Waals surface area contributed by atoms with Crippen molar-refractivity contribution in [3.63, 3.8) is 0 Å². The quantitative estimate of drug-likeness (QED) is 0.841. The summed E-state index contributed by atoms with van der Waals surface area (Å²) in [7, 11) is 0. The van der Waals surface area contributed by atoms with Crippen molar-refractivity contribution in [3.05, 3.63) is 39.0 Å². The van der Waals surface area contributed by atoms with Gasteiger partial charge in [-0.3, -0.25) is 0 Å². The van der Waals surface area contributed by atoms with Crippen molar-refractivity contribution in [2.75, 3.05) is 5.32 Å². The van der Waals surface area contributed by atoms with Gasteiger partial charge >= 0.3 is 0 Å². The number of nitrogens with zero attached hydrogens (tertiary/aromatic N) is 2. The van der Waals surface area contributed by atoms with Gasteiger partial charge in [-0.05, 0) is 53.9 Å². The zero-order chi connectivity index (χ0) is 12.7. The maximum atomic E-state index is 4.55. The van der Waals surface area contributed by atoms with Crippen LogP contribution in [-0.4, -0.2) is 9.55 Å². The highest BCUT2D eigenvalue weighted by molar-refractivity contribution is 9.11. The lowest BCUT2D eigenvalue weighted by molar-refractivity contribution is 0.750. The summed E-state index contributed by atoms with van der Waals surface area (Å²) in [5.41, 5.74) is 2.08. The van der Waals surface area contributed by atoms with E-state index in [0.29, 0.717) is 6.04 Å². The lowest BCUT2D eigenvalue weighted by Crippen LogP contribution is -2.01. The van der Waals surface area contributed by atoms with Gasteiger partial charge in [0.2, 0.25) is 5.95 Å². The highest BCUT2D eigenvalue weighted by Crippen LogP contribution is 2.38. The normalized spacial score (nSPS) is 14.8. The summed E-state index contributed by atoms with van der Waals surface area (Å²) in [6.07, 6.45) is 4.63. The van der Waals surface area contributed by atoms with E-state index >= 15 is 0 Å². The summed E-state index contributed by atoms with van der Waals surface area (Å²) in [5.74, 6) is 0.925. The second kappa shape index (κ2) is 4.70. The zero-order valence-corrected chi connectivity index (χ0v) is 13.1. The zero-order valence-electron chi connectivity index (χ0n) is 9.95. The standard InChI is InChI=1S/C13H13Br2N3/c1-8-7-18(10-3-4-10)13(16-8)17-12-6-9(14)2-5-11(12)15/h2,5-7,10H,3-4H2,1H3,(H,16,17). The predicted molar refractivity (Wildman–Crippen MR) is 80.4 cm³/mol. The summed E-state index contributed by atoms with van der Waals surface area (Å²) in [6, 6.07) is 6.70. The molecule has 0 radical (unpaired) electrons. The van der Waals surface area contributed by atoms with Crippen molar-refractivity contribution in [2.24, 2.45) is 0 Å². The molecule has 0 aliphatic heterocycles. The van der Waals surface area contributed by atoms with Crippen molar-refractivity contribution in [1.29, 1.82) is 0 Å². The topological polar surface area (TPSA) is 29.9 Å². The number of aromatic nitrogens is 2. The Labute approximate surface area is 123 Å². The van der Waals surface area contributed by atoms with Crippen molar-refractivity contribution >= 4 is 43.5 Å². The summed E-state index contributed by atoms with van der Waals surface area (Å²) < 4.78 is 4.33.